The highest BCUT2D eigenvalue weighted by Crippen LogP contribution is 2.52. The van der Waals surface area contributed by atoms with Crippen LogP contribution in [0.2, 0.25) is 0 Å². The van der Waals surface area contributed by atoms with Gasteiger partial charge in [0.1, 0.15) is 11.5 Å². The van der Waals surface area contributed by atoms with Crippen molar-refractivity contribution in [3.63, 3.8) is 0 Å². The number of ether oxygens (including phenoxy) is 1. The maximum Gasteiger partial charge on any atom is 0.337 e. The van der Waals surface area contributed by atoms with E-state index in [1.165, 1.54) is 13.3 Å². The normalized spacial score (nSPS) is 27.3. The molecule has 0 unspecified atom stereocenters. The van der Waals surface area contributed by atoms with Crippen molar-refractivity contribution in [3.05, 3.63) is 59.9 Å². The molecule has 7 heteroatoms. The Morgan fingerprint density at radius 1 is 1.14 bits per heavy atom. The van der Waals surface area contributed by atoms with E-state index in [0.717, 1.165) is 11.4 Å². The van der Waals surface area contributed by atoms with Gasteiger partial charge in [0, 0.05) is 5.56 Å². The van der Waals surface area contributed by atoms with Crippen molar-refractivity contribution in [3.8, 4) is 11.3 Å². The molecular weight excluding hydrogens is 372 g/mol. The van der Waals surface area contributed by atoms with Crippen LogP contribution < -0.4 is 0 Å². The molecule has 4 atom stereocenters. The number of imide groups is 1. The Kier molecular flexibility index (Phi) is 3.97. The SMILES string of the molecule is COC(=O)c1cccc(-c2ccc(/C=N\N3C(=O)[C@@H]4[C@@H](C3=O)[C@H]3C=C[C@@H]4C3)o2)c1. The fourth-order valence-corrected chi connectivity index (χ4v) is 4.61. The van der Waals surface area contributed by atoms with Crippen LogP contribution in [0, 0.1) is 23.7 Å². The number of hydrazone groups is 1. The first-order valence-electron chi connectivity index (χ1n) is 9.45. The van der Waals surface area contributed by atoms with Crippen molar-refractivity contribution < 1.29 is 23.5 Å². The molecule has 2 bridgehead atoms. The minimum Gasteiger partial charge on any atom is -0.465 e. The largest absolute Gasteiger partial charge is 0.465 e. The van der Waals surface area contributed by atoms with Gasteiger partial charge in [0.15, 0.2) is 0 Å². The first-order chi connectivity index (χ1) is 14.1. The summed E-state index contributed by atoms with van der Waals surface area (Å²) < 4.78 is 10.5. The van der Waals surface area contributed by atoms with Crippen LogP contribution in [-0.2, 0) is 14.3 Å². The minimum atomic E-state index is -0.430. The van der Waals surface area contributed by atoms with Crippen LogP contribution in [0.25, 0.3) is 11.3 Å². The van der Waals surface area contributed by atoms with E-state index in [-0.39, 0.29) is 35.5 Å². The highest BCUT2D eigenvalue weighted by molar-refractivity contribution is 6.06. The number of hydrogen-bond donors (Lipinski definition) is 0. The highest BCUT2D eigenvalue weighted by atomic mass is 16.5. The number of nitrogens with zero attached hydrogens (tertiary/aromatic N) is 2. The molecule has 146 valence electrons. The number of hydrogen-bond acceptors (Lipinski definition) is 6. The predicted octanol–water partition coefficient (Wildman–Crippen LogP) is 2.87. The summed E-state index contributed by atoms with van der Waals surface area (Å²) in [6.07, 6.45) is 6.35. The van der Waals surface area contributed by atoms with Crippen molar-refractivity contribution in [1.82, 2.24) is 5.01 Å². The third-order valence-corrected chi connectivity index (χ3v) is 5.94. The molecule has 0 radical (unpaired) electrons. The number of rotatable bonds is 4. The zero-order valence-corrected chi connectivity index (χ0v) is 15.6. The lowest BCUT2D eigenvalue weighted by atomic mass is 9.85. The summed E-state index contributed by atoms with van der Waals surface area (Å²) in [5.41, 5.74) is 1.12. The summed E-state index contributed by atoms with van der Waals surface area (Å²) in [6.45, 7) is 0. The minimum absolute atomic E-state index is 0.152. The second kappa shape index (κ2) is 6.55. The van der Waals surface area contributed by atoms with E-state index in [0.29, 0.717) is 22.6 Å². The van der Waals surface area contributed by atoms with E-state index in [9.17, 15) is 14.4 Å². The molecule has 29 heavy (non-hydrogen) atoms. The number of benzene rings is 1. The second-order valence-corrected chi connectivity index (χ2v) is 7.51. The third kappa shape index (κ3) is 2.73. The molecule has 2 heterocycles. The summed E-state index contributed by atoms with van der Waals surface area (Å²) in [5, 5.41) is 5.10. The van der Waals surface area contributed by atoms with Gasteiger partial charge in [-0.05, 0) is 42.5 Å². The molecular formula is C22H18N2O5. The van der Waals surface area contributed by atoms with Gasteiger partial charge in [0.25, 0.3) is 11.8 Å². The third-order valence-electron chi connectivity index (χ3n) is 5.94. The van der Waals surface area contributed by atoms with Gasteiger partial charge in [-0.15, -0.1) is 0 Å². The van der Waals surface area contributed by atoms with Crippen LogP contribution in [0.4, 0.5) is 0 Å². The molecule has 2 amide bonds. The number of furan rings is 1. The van der Waals surface area contributed by atoms with Crippen LogP contribution in [0.5, 0.6) is 0 Å². The predicted molar refractivity (Wildman–Crippen MR) is 103 cm³/mol. The van der Waals surface area contributed by atoms with Crippen molar-refractivity contribution in [1.29, 1.82) is 0 Å². The summed E-state index contributed by atoms with van der Waals surface area (Å²) >= 11 is 0. The van der Waals surface area contributed by atoms with E-state index in [2.05, 4.69) is 5.10 Å². The molecule has 1 saturated heterocycles. The zero-order valence-electron chi connectivity index (χ0n) is 15.6. The molecule has 5 rings (SSSR count). The van der Waals surface area contributed by atoms with Crippen LogP contribution >= 0.6 is 0 Å². The molecule has 1 aliphatic heterocycles. The molecule has 2 fully saturated rings. The quantitative estimate of drug-likeness (QED) is 0.347. The van der Waals surface area contributed by atoms with E-state index >= 15 is 0 Å². The van der Waals surface area contributed by atoms with Gasteiger partial charge in [-0.3, -0.25) is 9.59 Å². The van der Waals surface area contributed by atoms with Crippen LogP contribution in [0.15, 0.2) is 58.1 Å². The number of methoxy groups -OCH3 is 1. The van der Waals surface area contributed by atoms with Gasteiger partial charge < -0.3 is 9.15 Å². The lowest BCUT2D eigenvalue weighted by Gasteiger charge is -2.13. The number of allylic oxidation sites excluding steroid dienone is 2. The maximum absolute atomic E-state index is 12.6. The van der Waals surface area contributed by atoms with Crippen molar-refractivity contribution >= 4 is 24.0 Å². The summed E-state index contributed by atoms with van der Waals surface area (Å²) in [5.74, 6) is -0.196. The average molecular weight is 390 g/mol. The number of carbonyl (C=O) groups excluding carboxylic acids is 3. The van der Waals surface area contributed by atoms with Gasteiger partial charge in [0.05, 0.1) is 30.7 Å². The topological polar surface area (TPSA) is 89.2 Å². The van der Waals surface area contributed by atoms with Crippen LogP contribution in [0.1, 0.15) is 22.5 Å². The Hall–Kier alpha value is -3.48. The molecule has 2 aromatic rings. The molecule has 1 aromatic heterocycles. The lowest BCUT2D eigenvalue weighted by Crippen LogP contribution is -2.28. The van der Waals surface area contributed by atoms with Crippen LogP contribution in [0.3, 0.4) is 0 Å². The number of fused-ring (bicyclic) bond motifs is 5. The molecule has 0 spiro atoms. The Labute approximate surface area is 166 Å². The molecule has 1 saturated carbocycles. The summed E-state index contributed by atoms with van der Waals surface area (Å²) in [6, 6.07) is 10.3. The monoisotopic (exact) mass is 390 g/mol. The Bertz CT molecular complexity index is 1050. The molecule has 0 N–H and O–H groups in total. The maximum atomic E-state index is 12.6. The van der Waals surface area contributed by atoms with Gasteiger partial charge in [-0.25, -0.2) is 4.79 Å². The molecule has 1 aromatic carbocycles. The molecule has 7 nitrogen and oxygen atoms in total. The first-order valence-corrected chi connectivity index (χ1v) is 9.45. The summed E-state index contributed by atoms with van der Waals surface area (Å²) in [7, 11) is 1.33. The second-order valence-electron chi connectivity index (χ2n) is 7.51. The molecule has 3 aliphatic rings. The van der Waals surface area contributed by atoms with Crippen molar-refractivity contribution in [2.45, 2.75) is 6.42 Å². The molecule has 2 aliphatic carbocycles. The van der Waals surface area contributed by atoms with Gasteiger partial charge in [-0.1, -0.05) is 24.3 Å². The Morgan fingerprint density at radius 3 is 2.55 bits per heavy atom. The van der Waals surface area contributed by atoms with Gasteiger partial charge in [0.2, 0.25) is 0 Å². The average Bonchev–Trinajstić information content (AvgIpc) is 3.51. The van der Waals surface area contributed by atoms with E-state index in [4.69, 9.17) is 9.15 Å². The van der Waals surface area contributed by atoms with E-state index < -0.39 is 5.97 Å². The van der Waals surface area contributed by atoms with Crippen LogP contribution in [-0.4, -0.2) is 36.1 Å². The fraction of sp³-hybridized carbons (Fsp3) is 0.273. The number of carbonyl (C=O) groups is 3. The Balaban J connectivity index is 1.35. The first kappa shape index (κ1) is 17.6. The van der Waals surface area contributed by atoms with Gasteiger partial charge in [-0.2, -0.15) is 10.1 Å². The Morgan fingerprint density at radius 2 is 1.86 bits per heavy atom. The van der Waals surface area contributed by atoms with E-state index in [1.807, 2.05) is 18.2 Å². The van der Waals surface area contributed by atoms with Crippen molar-refractivity contribution in [2.24, 2.45) is 28.8 Å². The smallest absolute Gasteiger partial charge is 0.337 e. The standard InChI is InChI=1S/C22H18N2O5/c1-28-22(27)15-4-2-3-12(9-15)17-8-7-16(29-17)11-23-24-20(25)18-13-5-6-14(10-13)19(18)21(24)26/h2-9,11,13-14,18-19H,10H2,1H3/b23-11-/t13-,14+,18-,19-/m0/s1. The fourth-order valence-electron chi connectivity index (χ4n) is 4.61. The summed E-state index contributed by atoms with van der Waals surface area (Å²) in [4.78, 5) is 37.0. The highest BCUT2D eigenvalue weighted by Gasteiger charge is 2.59. The van der Waals surface area contributed by atoms with Crippen molar-refractivity contribution in [2.75, 3.05) is 7.11 Å². The lowest BCUT2D eigenvalue weighted by molar-refractivity contribution is -0.140. The number of esters is 1. The van der Waals surface area contributed by atoms with E-state index in [1.54, 1.807) is 30.3 Å². The van der Waals surface area contributed by atoms with Gasteiger partial charge >= 0.3 is 5.97 Å². The zero-order chi connectivity index (χ0) is 20.1. The number of amides is 2.